The minimum atomic E-state index is 0.138. The highest BCUT2D eigenvalue weighted by atomic mass is 15.0. The largest absolute Gasteiger partial charge is 0.370 e. The van der Waals surface area contributed by atoms with Crippen LogP contribution in [0, 0.1) is 0 Å². The zero-order chi connectivity index (χ0) is 9.68. The van der Waals surface area contributed by atoms with Gasteiger partial charge in [-0.05, 0) is 17.5 Å². The Hall–Kier alpha value is -1.51. The average molecular weight is 177 g/mol. The van der Waals surface area contributed by atoms with E-state index in [-0.39, 0.29) is 5.96 Å². The van der Waals surface area contributed by atoms with Gasteiger partial charge in [0, 0.05) is 0 Å². The molecule has 0 heterocycles. The van der Waals surface area contributed by atoms with Crippen molar-refractivity contribution in [1.29, 1.82) is 0 Å². The Kier molecular flexibility index (Phi) is 3.31. The number of nitrogens with two attached hydrogens (primary N) is 2. The molecule has 0 radical (unpaired) electrons. The molecule has 0 aromatic heterocycles. The van der Waals surface area contributed by atoms with Gasteiger partial charge in [-0.25, -0.2) is 4.99 Å². The van der Waals surface area contributed by atoms with E-state index in [1.54, 1.807) is 0 Å². The molecule has 0 aliphatic rings. The Morgan fingerprint density at radius 2 is 1.69 bits per heavy atom. The fourth-order valence-corrected chi connectivity index (χ4v) is 1.06. The standard InChI is InChI=1S/C10H15N3/c1-2-8-3-5-9(6-4-8)7-13-10(11)12/h3-6H,2,7H2,1H3,(H4,11,12,13). The van der Waals surface area contributed by atoms with Gasteiger partial charge in [-0.15, -0.1) is 0 Å². The number of aliphatic imine (C=N–C) groups is 1. The maximum atomic E-state index is 5.22. The number of hydrogen-bond acceptors (Lipinski definition) is 1. The van der Waals surface area contributed by atoms with Crippen molar-refractivity contribution in [2.24, 2.45) is 16.5 Å². The second-order valence-electron chi connectivity index (χ2n) is 2.91. The molecule has 3 nitrogen and oxygen atoms in total. The Labute approximate surface area is 78.5 Å². The molecular formula is C10H15N3. The average Bonchev–Trinajstić information content (AvgIpc) is 2.15. The molecule has 0 spiro atoms. The maximum Gasteiger partial charge on any atom is 0.186 e. The minimum absolute atomic E-state index is 0.138. The highest BCUT2D eigenvalue weighted by Gasteiger charge is 1.91. The van der Waals surface area contributed by atoms with Gasteiger partial charge in [-0.3, -0.25) is 0 Å². The first-order chi connectivity index (χ1) is 6.22. The Morgan fingerprint density at radius 1 is 1.15 bits per heavy atom. The number of aryl methyl sites for hydroxylation is 1. The number of nitrogens with zero attached hydrogens (tertiary/aromatic N) is 1. The van der Waals surface area contributed by atoms with Gasteiger partial charge >= 0.3 is 0 Å². The monoisotopic (exact) mass is 177 g/mol. The van der Waals surface area contributed by atoms with Crippen molar-refractivity contribution in [3.05, 3.63) is 35.4 Å². The van der Waals surface area contributed by atoms with Crippen LogP contribution in [0.4, 0.5) is 0 Å². The van der Waals surface area contributed by atoms with Crippen LogP contribution in [-0.4, -0.2) is 5.96 Å². The van der Waals surface area contributed by atoms with E-state index in [2.05, 4.69) is 24.0 Å². The van der Waals surface area contributed by atoms with Crippen molar-refractivity contribution in [3.8, 4) is 0 Å². The summed E-state index contributed by atoms with van der Waals surface area (Å²) >= 11 is 0. The Balaban J connectivity index is 2.64. The fourth-order valence-electron chi connectivity index (χ4n) is 1.06. The third-order valence-electron chi connectivity index (χ3n) is 1.88. The summed E-state index contributed by atoms with van der Waals surface area (Å²) in [4.78, 5) is 3.92. The maximum absolute atomic E-state index is 5.22. The summed E-state index contributed by atoms with van der Waals surface area (Å²) in [5, 5.41) is 0. The zero-order valence-electron chi connectivity index (χ0n) is 7.83. The van der Waals surface area contributed by atoms with Crippen LogP contribution in [0.5, 0.6) is 0 Å². The number of rotatable bonds is 3. The molecule has 70 valence electrons. The smallest absolute Gasteiger partial charge is 0.186 e. The molecule has 3 heteroatoms. The van der Waals surface area contributed by atoms with Gasteiger partial charge in [-0.1, -0.05) is 31.2 Å². The van der Waals surface area contributed by atoms with Gasteiger partial charge in [0.2, 0.25) is 0 Å². The van der Waals surface area contributed by atoms with Gasteiger partial charge in [0.15, 0.2) is 5.96 Å². The molecule has 4 N–H and O–H groups in total. The van der Waals surface area contributed by atoms with Gasteiger partial charge in [0.1, 0.15) is 0 Å². The van der Waals surface area contributed by atoms with Crippen molar-refractivity contribution >= 4 is 5.96 Å². The van der Waals surface area contributed by atoms with Crippen LogP contribution in [-0.2, 0) is 13.0 Å². The van der Waals surface area contributed by atoms with Gasteiger partial charge in [0.25, 0.3) is 0 Å². The minimum Gasteiger partial charge on any atom is -0.370 e. The second-order valence-corrected chi connectivity index (χ2v) is 2.91. The predicted molar refractivity (Wildman–Crippen MR) is 55.3 cm³/mol. The normalized spacial score (nSPS) is 9.62. The van der Waals surface area contributed by atoms with Crippen LogP contribution in [0.1, 0.15) is 18.1 Å². The summed E-state index contributed by atoms with van der Waals surface area (Å²) in [6.45, 7) is 2.69. The van der Waals surface area contributed by atoms with Crippen molar-refractivity contribution in [2.75, 3.05) is 0 Å². The molecule has 1 aromatic carbocycles. The third kappa shape index (κ3) is 3.15. The molecule has 0 unspecified atom stereocenters. The number of benzene rings is 1. The van der Waals surface area contributed by atoms with E-state index in [1.807, 2.05) is 12.1 Å². The molecular weight excluding hydrogens is 162 g/mol. The topological polar surface area (TPSA) is 64.4 Å². The fraction of sp³-hybridized carbons (Fsp3) is 0.300. The van der Waals surface area contributed by atoms with Crippen LogP contribution in [0.3, 0.4) is 0 Å². The summed E-state index contributed by atoms with van der Waals surface area (Å²) < 4.78 is 0. The first-order valence-electron chi connectivity index (χ1n) is 4.35. The number of hydrogen-bond donors (Lipinski definition) is 2. The molecule has 0 aliphatic heterocycles. The predicted octanol–water partition coefficient (Wildman–Crippen LogP) is 1.02. The van der Waals surface area contributed by atoms with Crippen molar-refractivity contribution in [1.82, 2.24) is 0 Å². The van der Waals surface area contributed by atoms with Gasteiger partial charge in [0.05, 0.1) is 6.54 Å². The quantitative estimate of drug-likeness (QED) is 0.535. The summed E-state index contributed by atoms with van der Waals surface area (Å²) in [5.41, 5.74) is 12.9. The van der Waals surface area contributed by atoms with Crippen molar-refractivity contribution < 1.29 is 0 Å². The van der Waals surface area contributed by atoms with E-state index >= 15 is 0 Å². The van der Waals surface area contributed by atoms with Crippen molar-refractivity contribution in [3.63, 3.8) is 0 Å². The Morgan fingerprint density at radius 3 is 2.15 bits per heavy atom. The molecule has 0 saturated heterocycles. The van der Waals surface area contributed by atoms with Gasteiger partial charge < -0.3 is 11.5 Å². The summed E-state index contributed by atoms with van der Waals surface area (Å²) in [5.74, 6) is 0.138. The van der Waals surface area contributed by atoms with E-state index in [1.165, 1.54) is 5.56 Å². The first-order valence-corrected chi connectivity index (χ1v) is 4.35. The highest BCUT2D eigenvalue weighted by molar-refractivity contribution is 5.75. The zero-order valence-corrected chi connectivity index (χ0v) is 7.83. The molecule has 1 aromatic rings. The Bertz CT molecular complexity index is 284. The second kappa shape index (κ2) is 4.50. The third-order valence-corrected chi connectivity index (χ3v) is 1.88. The molecule has 0 fully saturated rings. The summed E-state index contributed by atoms with van der Waals surface area (Å²) in [6.07, 6.45) is 1.06. The van der Waals surface area contributed by atoms with E-state index < -0.39 is 0 Å². The van der Waals surface area contributed by atoms with Crippen molar-refractivity contribution in [2.45, 2.75) is 19.9 Å². The molecule has 0 saturated carbocycles. The molecule has 0 amide bonds. The van der Waals surface area contributed by atoms with E-state index in [0.717, 1.165) is 12.0 Å². The lowest BCUT2D eigenvalue weighted by atomic mass is 10.1. The lowest BCUT2D eigenvalue weighted by Crippen LogP contribution is -2.22. The summed E-state index contributed by atoms with van der Waals surface area (Å²) in [6, 6.07) is 8.28. The molecule has 1 rings (SSSR count). The summed E-state index contributed by atoms with van der Waals surface area (Å²) in [7, 11) is 0. The lowest BCUT2D eigenvalue weighted by Gasteiger charge is -1.99. The SMILES string of the molecule is CCc1ccc(CN=C(N)N)cc1. The van der Waals surface area contributed by atoms with E-state index in [0.29, 0.717) is 6.54 Å². The number of guanidine groups is 1. The van der Waals surface area contributed by atoms with Crippen LogP contribution in [0.25, 0.3) is 0 Å². The van der Waals surface area contributed by atoms with Gasteiger partial charge in [-0.2, -0.15) is 0 Å². The van der Waals surface area contributed by atoms with E-state index in [9.17, 15) is 0 Å². The van der Waals surface area contributed by atoms with Crippen LogP contribution in [0.15, 0.2) is 29.3 Å². The molecule has 0 atom stereocenters. The lowest BCUT2D eigenvalue weighted by molar-refractivity contribution is 1.04. The first kappa shape index (κ1) is 9.58. The van der Waals surface area contributed by atoms with E-state index in [4.69, 9.17) is 11.5 Å². The molecule has 13 heavy (non-hydrogen) atoms. The highest BCUT2D eigenvalue weighted by Crippen LogP contribution is 2.05. The van der Waals surface area contributed by atoms with Crippen LogP contribution < -0.4 is 11.5 Å². The molecule has 0 aliphatic carbocycles. The van der Waals surface area contributed by atoms with Crippen LogP contribution in [0.2, 0.25) is 0 Å². The van der Waals surface area contributed by atoms with Crippen LogP contribution >= 0.6 is 0 Å². The molecule has 0 bridgehead atoms.